The van der Waals surface area contributed by atoms with Gasteiger partial charge < -0.3 is 0 Å². The minimum atomic E-state index is -3.16. The van der Waals surface area contributed by atoms with E-state index in [9.17, 15) is 20.2 Å². The number of nitro groups is 2. The number of hydrogen-bond donors (Lipinski definition) is 2. The molecular weight excluding hydrogens is 206 g/mol. The molecular formula is C7H7N3O5. The van der Waals surface area contributed by atoms with E-state index in [1.807, 2.05) is 0 Å². The first kappa shape index (κ1) is 5.61. The highest BCUT2D eigenvalue weighted by Crippen LogP contribution is 2.30. The lowest BCUT2D eigenvalue weighted by molar-refractivity contribution is -0.394. The predicted octanol–water partition coefficient (Wildman–Crippen LogP) is 1.61. The molecule has 0 unspecified atom stereocenters. The Morgan fingerprint density at radius 1 is 1.47 bits per heavy atom. The van der Waals surface area contributed by atoms with Gasteiger partial charge in [-0.05, 0) is 6.85 Å². The van der Waals surface area contributed by atoms with Crippen molar-refractivity contribution in [3.05, 3.63) is 37.9 Å². The van der Waals surface area contributed by atoms with Crippen LogP contribution in [0, 0.1) is 27.1 Å². The molecule has 1 rings (SSSR count). The van der Waals surface area contributed by atoms with Gasteiger partial charge >= 0.3 is 0 Å². The van der Waals surface area contributed by atoms with Crippen LogP contribution in [-0.2, 0) is 0 Å². The fourth-order valence-electron chi connectivity index (χ4n) is 0.817. The molecule has 0 heterocycles. The molecule has 8 heteroatoms. The van der Waals surface area contributed by atoms with Crippen molar-refractivity contribution in [1.29, 1.82) is 0 Å². The van der Waals surface area contributed by atoms with Crippen molar-refractivity contribution in [3.63, 3.8) is 0 Å². The first-order valence-electron chi connectivity index (χ1n) is 5.90. The summed E-state index contributed by atoms with van der Waals surface area (Å²) in [5.41, 5.74) is -3.52. The second-order valence-corrected chi connectivity index (χ2v) is 2.32. The van der Waals surface area contributed by atoms with E-state index in [4.69, 9.17) is 12.1 Å². The average Bonchev–Trinajstić information content (AvgIpc) is 2.25. The molecule has 1 aromatic carbocycles. The van der Waals surface area contributed by atoms with Crippen LogP contribution >= 0.6 is 0 Å². The molecule has 1 aromatic rings. The Kier molecular flexibility index (Phi) is 1.45. The van der Waals surface area contributed by atoms with E-state index in [1.54, 1.807) is 0 Å². The molecule has 0 amide bonds. The van der Waals surface area contributed by atoms with Gasteiger partial charge in [0.1, 0.15) is 0 Å². The lowest BCUT2D eigenvalue weighted by atomic mass is 10.1. The van der Waals surface area contributed by atoms with Crippen molar-refractivity contribution in [1.82, 2.24) is 0 Å². The highest BCUT2D eigenvalue weighted by atomic mass is 16.6. The highest BCUT2D eigenvalue weighted by Gasteiger charge is 2.20. The van der Waals surface area contributed by atoms with Crippen molar-refractivity contribution in [2.24, 2.45) is 0 Å². The lowest BCUT2D eigenvalue weighted by Gasteiger charge is -2.03. The number of nitrogens with zero attached hydrogens (tertiary/aromatic N) is 2. The van der Waals surface area contributed by atoms with Gasteiger partial charge in [-0.15, -0.1) is 0 Å². The van der Waals surface area contributed by atoms with Gasteiger partial charge in [-0.2, -0.15) is 0 Å². The third-order valence-electron chi connectivity index (χ3n) is 1.44. The molecule has 0 bridgehead atoms. The maximum Gasteiger partial charge on any atom is 0.281 e. The van der Waals surface area contributed by atoms with Crippen LogP contribution in [-0.4, -0.2) is 15.1 Å². The molecule has 0 aromatic heterocycles. The predicted molar refractivity (Wildman–Crippen MR) is 49.9 cm³/mol. The summed E-state index contributed by atoms with van der Waals surface area (Å²) in [5.74, 6) is 0. The average molecular weight is 218 g/mol. The number of benzene rings is 1. The molecule has 0 aliphatic carbocycles. The van der Waals surface area contributed by atoms with Gasteiger partial charge in [0.05, 0.1) is 29.9 Å². The molecule has 0 atom stereocenters. The van der Waals surface area contributed by atoms with E-state index >= 15 is 0 Å². The van der Waals surface area contributed by atoms with Crippen molar-refractivity contribution in [2.45, 2.75) is 6.85 Å². The Labute approximate surface area is 90.4 Å². The third-order valence-corrected chi connectivity index (χ3v) is 1.44. The fraction of sp³-hybridized carbons (Fsp3) is 0.143. The molecule has 0 saturated carbocycles. The molecule has 0 saturated heterocycles. The topological polar surface area (TPSA) is 119 Å². The minimum Gasteiger partial charge on any atom is -0.291 e. The van der Waals surface area contributed by atoms with Crippen LogP contribution < -0.4 is 5.48 Å². The maximum atomic E-state index is 10.9. The molecule has 0 aliphatic heterocycles. The Hall–Kier alpha value is -2.22. The van der Waals surface area contributed by atoms with Crippen LogP contribution in [0.15, 0.2) is 12.1 Å². The normalized spacial score (nSPS) is 15.4. The molecule has 2 N–H and O–H groups in total. The maximum absolute atomic E-state index is 10.9. The first-order chi connectivity index (χ1) is 9.03. The summed E-state index contributed by atoms with van der Waals surface area (Å²) in [5, 5.41) is 30.5. The van der Waals surface area contributed by atoms with E-state index in [2.05, 4.69) is 0 Å². The number of rotatable bonds is 3. The fourth-order valence-corrected chi connectivity index (χ4v) is 0.817. The summed E-state index contributed by atoms with van der Waals surface area (Å²) >= 11 is 0. The summed E-state index contributed by atoms with van der Waals surface area (Å²) in [6.07, 6.45) is 0. The Bertz CT molecular complexity index is 602. The summed E-state index contributed by atoms with van der Waals surface area (Å²) < 4.78 is 36.3. The molecule has 0 fully saturated rings. The number of hydrogen-bond acceptors (Lipinski definition) is 6. The van der Waals surface area contributed by atoms with Crippen LogP contribution in [0.1, 0.15) is 12.4 Å². The van der Waals surface area contributed by atoms with Crippen molar-refractivity contribution in [3.8, 4) is 0 Å². The lowest BCUT2D eigenvalue weighted by Crippen LogP contribution is -2.00. The van der Waals surface area contributed by atoms with E-state index < -0.39 is 51.4 Å². The molecule has 0 aliphatic rings. The largest absolute Gasteiger partial charge is 0.291 e. The third kappa shape index (κ3) is 1.99. The molecule has 80 valence electrons. The standard InChI is InChI=1S/C7H7N3O5/c1-4-6(8-11)2-5(9(12)13)3-7(4)10(14)15/h2-3,8,11H,1H3/i1D3,2D,3D. The zero-order chi connectivity index (χ0) is 15.8. The zero-order valence-electron chi connectivity index (χ0n) is 12.0. The minimum absolute atomic E-state index is 1.00. The molecule has 0 spiro atoms. The van der Waals surface area contributed by atoms with Gasteiger partial charge in [-0.3, -0.25) is 30.9 Å². The number of nitro benzene ring substituents is 2. The summed E-state index contributed by atoms with van der Waals surface area (Å²) in [6.45, 7) is -3.16. The second-order valence-electron chi connectivity index (χ2n) is 2.32. The van der Waals surface area contributed by atoms with Crippen molar-refractivity contribution >= 4 is 17.1 Å². The Morgan fingerprint density at radius 2 is 2.13 bits per heavy atom. The van der Waals surface area contributed by atoms with Gasteiger partial charge in [0.15, 0.2) is 0 Å². The Morgan fingerprint density at radius 3 is 2.53 bits per heavy atom. The molecule has 8 nitrogen and oxygen atoms in total. The molecule has 15 heavy (non-hydrogen) atoms. The highest BCUT2D eigenvalue weighted by molar-refractivity contribution is 5.64. The SMILES string of the molecule is [2H]c1c(NO)c(C([2H])([2H])[2H])c([N+](=O)[O-])c([2H])c1[N+](=O)[O-]. The van der Waals surface area contributed by atoms with Gasteiger partial charge in [0.2, 0.25) is 0 Å². The van der Waals surface area contributed by atoms with Crippen molar-refractivity contribution in [2.75, 3.05) is 5.48 Å². The molecule has 0 radical (unpaired) electrons. The summed E-state index contributed by atoms with van der Waals surface area (Å²) in [7, 11) is 0. The van der Waals surface area contributed by atoms with Crippen LogP contribution in [0.2, 0.25) is 0 Å². The summed E-state index contributed by atoms with van der Waals surface area (Å²) in [4.78, 5) is 19.1. The first-order valence-corrected chi connectivity index (χ1v) is 3.40. The number of anilines is 1. The quantitative estimate of drug-likeness (QED) is 0.587. The van der Waals surface area contributed by atoms with Gasteiger partial charge in [0, 0.05) is 10.2 Å². The number of nitrogens with one attached hydrogen (secondary N) is 1. The second kappa shape index (κ2) is 3.88. The van der Waals surface area contributed by atoms with Crippen LogP contribution in [0.3, 0.4) is 0 Å². The van der Waals surface area contributed by atoms with Gasteiger partial charge in [-0.25, -0.2) is 0 Å². The zero-order valence-corrected chi connectivity index (χ0v) is 6.97. The summed E-state index contributed by atoms with van der Waals surface area (Å²) in [6, 6.07) is -2.44. The monoisotopic (exact) mass is 218 g/mol. The van der Waals surface area contributed by atoms with Crippen molar-refractivity contribution < 1.29 is 21.9 Å². The van der Waals surface area contributed by atoms with E-state index in [0.29, 0.717) is 0 Å². The van der Waals surface area contributed by atoms with Crippen LogP contribution in [0.5, 0.6) is 0 Å². The van der Waals surface area contributed by atoms with E-state index in [1.165, 1.54) is 5.48 Å². The van der Waals surface area contributed by atoms with Crippen LogP contribution in [0.4, 0.5) is 17.1 Å². The van der Waals surface area contributed by atoms with Gasteiger partial charge in [-0.1, -0.05) is 0 Å². The van der Waals surface area contributed by atoms with Gasteiger partial charge in [0.25, 0.3) is 11.4 Å². The Balaban J connectivity index is 4.03. The van der Waals surface area contributed by atoms with E-state index in [0.717, 1.165) is 0 Å². The van der Waals surface area contributed by atoms with E-state index in [-0.39, 0.29) is 0 Å². The van der Waals surface area contributed by atoms with Crippen LogP contribution in [0.25, 0.3) is 0 Å². The smallest absolute Gasteiger partial charge is 0.281 e.